The zero-order chi connectivity index (χ0) is 15.2. The lowest BCUT2D eigenvalue weighted by Gasteiger charge is -2.09. The second-order valence-electron chi connectivity index (χ2n) is 4.57. The molecule has 2 aromatic rings. The van der Waals surface area contributed by atoms with Crippen LogP contribution in [0, 0.1) is 6.92 Å². The number of hydrazine groups is 1. The van der Waals surface area contributed by atoms with Crippen molar-refractivity contribution in [2.45, 2.75) is 27.0 Å². The Bertz CT molecular complexity index is 596. The largest absolute Gasteiger partial charge is 0.374 e. The molecule has 0 fully saturated rings. The summed E-state index contributed by atoms with van der Waals surface area (Å²) in [5, 5.41) is 7.46. The molecule has 0 bridgehead atoms. The van der Waals surface area contributed by atoms with Gasteiger partial charge in [-0.05, 0) is 13.8 Å². The second kappa shape index (κ2) is 7.00. The van der Waals surface area contributed by atoms with E-state index in [2.05, 4.69) is 25.8 Å². The molecule has 0 radical (unpaired) electrons. The molecule has 2 aromatic heterocycles. The highest BCUT2D eigenvalue weighted by Crippen LogP contribution is 2.13. The molecule has 4 N–H and O–H groups in total. The lowest BCUT2D eigenvalue weighted by Crippen LogP contribution is -2.13. The fourth-order valence-electron chi connectivity index (χ4n) is 1.82. The summed E-state index contributed by atoms with van der Waals surface area (Å²) in [6.45, 7) is 5.55. The molecule has 0 saturated carbocycles. The summed E-state index contributed by atoms with van der Waals surface area (Å²) < 4.78 is 7.16. The summed E-state index contributed by atoms with van der Waals surface area (Å²) in [5.74, 6) is 7.25. The number of hydrogen-bond acceptors (Lipinski definition) is 7. The Morgan fingerprint density at radius 1 is 1.33 bits per heavy atom. The van der Waals surface area contributed by atoms with Gasteiger partial charge in [-0.25, -0.2) is 15.8 Å². The van der Waals surface area contributed by atoms with Crippen molar-refractivity contribution in [2.24, 2.45) is 12.9 Å². The van der Waals surface area contributed by atoms with Gasteiger partial charge in [-0.15, -0.1) is 0 Å². The number of hydrogen-bond donors (Lipinski definition) is 3. The molecule has 0 spiro atoms. The van der Waals surface area contributed by atoms with Gasteiger partial charge in [0, 0.05) is 37.5 Å². The van der Waals surface area contributed by atoms with Gasteiger partial charge in [0.05, 0.1) is 6.20 Å². The summed E-state index contributed by atoms with van der Waals surface area (Å²) >= 11 is 0. The van der Waals surface area contributed by atoms with E-state index < -0.39 is 0 Å². The van der Waals surface area contributed by atoms with E-state index in [1.54, 1.807) is 6.07 Å². The number of nitrogen functional groups attached to an aromatic ring is 1. The van der Waals surface area contributed by atoms with Gasteiger partial charge in [0.2, 0.25) is 0 Å². The molecule has 2 rings (SSSR count). The number of aryl methyl sites for hydroxylation is 1. The van der Waals surface area contributed by atoms with Gasteiger partial charge < -0.3 is 15.5 Å². The molecule has 0 atom stereocenters. The highest BCUT2D eigenvalue weighted by Gasteiger charge is 2.07. The molecular weight excluding hydrogens is 270 g/mol. The molecule has 0 aliphatic carbocycles. The first kappa shape index (κ1) is 15.2. The van der Waals surface area contributed by atoms with Gasteiger partial charge in [-0.2, -0.15) is 5.10 Å². The Hall–Kier alpha value is -2.19. The van der Waals surface area contributed by atoms with E-state index in [1.165, 1.54) is 0 Å². The van der Waals surface area contributed by atoms with Crippen LogP contribution in [0.25, 0.3) is 0 Å². The molecule has 8 nitrogen and oxygen atoms in total. The maximum absolute atomic E-state index is 5.43. The topological polar surface area (TPSA) is 103 Å². The number of nitrogens with two attached hydrogens (primary N) is 1. The van der Waals surface area contributed by atoms with Crippen molar-refractivity contribution in [2.75, 3.05) is 17.3 Å². The van der Waals surface area contributed by atoms with Crippen LogP contribution in [0.3, 0.4) is 0 Å². The van der Waals surface area contributed by atoms with Gasteiger partial charge in [0.1, 0.15) is 18.2 Å². The fourth-order valence-corrected chi connectivity index (χ4v) is 1.82. The Kier molecular flexibility index (Phi) is 5.07. The Balaban J connectivity index is 2.09. The molecule has 0 aromatic carbocycles. The highest BCUT2D eigenvalue weighted by molar-refractivity contribution is 5.47. The summed E-state index contributed by atoms with van der Waals surface area (Å²) in [7, 11) is 1.92. The molecule has 0 aliphatic heterocycles. The van der Waals surface area contributed by atoms with E-state index in [-0.39, 0.29) is 0 Å². The van der Waals surface area contributed by atoms with E-state index in [0.29, 0.717) is 37.2 Å². The summed E-state index contributed by atoms with van der Waals surface area (Å²) in [4.78, 5) is 8.64. The van der Waals surface area contributed by atoms with Crippen molar-refractivity contribution in [1.82, 2.24) is 19.7 Å². The number of anilines is 2. The van der Waals surface area contributed by atoms with E-state index in [4.69, 9.17) is 10.6 Å². The van der Waals surface area contributed by atoms with Crippen molar-refractivity contribution in [1.29, 1.82) is 0 Å². The number of nitrogens with one attached hydrogen (secondary N) is 2. The van der Waals surface area contributed by atoms with Crippen LogP contribution < -0.4 is 16.6 Å². The van der Waals surface area contributed by atoms with Crippen molar-refractivity contribution in [3.05, 3.63) is 29.3 Å². The Labute approximate surface area is 123 Å². The smallest absolute Gasteiger partial charge is 0.158 e. The lowest BCUT2D eigenvalue weighted by molar-refractivity contribution is 0.128. The van der Waals surface area contributed by atoms with Crippen molar-refractivity contribution in [3.8, 4) is 0 Å². The predicted octanol–water partition coefficient (Wildman–Crippen LogP) is 0.953. The molecule has 0 aliphatic rings. The molecule has 0 unspecified atom stereocenters. The maximum atomic E-state index is 5.43. The third-order valence-corrected chi connectivity index (χ3v) is 3.15. The van der Waals surface area contributed by atoms with Crippen LogP contribution in [0.4, 0.5) is 11.6 Å². The average molecular weight is 291 g/mol. The van der Waals surface area contributed by atoms with E-state index >= 15 is 0 Å². The van der Waals surface area contributed by atoms with Gasteiger partial charge >= 0.3 is 0 Å². The zero-order valence-electron chi connectivity index (χ0n) is 12.6. The summed E-state index contributed by atoms with van der Waals surface area (Å²) in [6.07, 6.45) is 1.84. The second-order valence-corrected chi connectivity index (χ2v) is 4.57. The normalized spacial score (nSPS) is 10.7. The van der Waals surface area contributed by atoms with Crippen LogP contribution in [0.5, 0.6) is 0 Å². The fraction of sp³-hybridized carbons (Fsp3) is 0.462. The van der Waals surface area contributed by atoms with Crippen LogP contribution in [0.15, 0.2) is 12.3 Å². The first-order valence-electron chi connectivity index (χ1n) is 6.77. The minimum absolute atomic E-state index is 0.354. The third kappa shape index (κ3) is 3.89. The van der Waals surface area contributed by atoms with Crippen LogP contribution in [-0.2, 0) is 24.9 Å². The third-order valence-electron chi connectivity index (χ3n) is 3.15. The van der Waals surface area contributed by atoms with E-state index in [1.807, 2.05) is 31.8 Å². The predicted molar refractivity (Wildman–Crippen MR) is 80.4 cm³/mol. The van der Waals surface area contributed by atoms with E-state index in [0.717, 1.165) is 11.3 Å². The number of nitrogens with zero attached hydrogens (tertiary/aromatic N) is 4. The monoisotopic (exact) mass is 291 g/mol. The Morgan fingerprint density at radius 2 is 2.10 bits per heavy atom. The van der Waals surface area contributed by atoms with E-state index in [9.17, 15) is 0 Å². The minimum atomic E-state index is 0.354. The van der Waals surface area contributed by atoms with Crippen molar-refractivity contribution in [3.63, 3.8) is 0 Å². The lowest BCUT2D eigenvalue weighted by atomic mass is 10.2. The van der Waals surface area contributed by atoms with Gasteiger partial charge in [0.15, 0.2) is 5.82 Å². The molecule has 21 heavy (non-hydrogen) atoms. The zero-order valence-corrected chi connectivity index (χ0v) is 12.6. The molecule has 114 valence electrons. The van der Waals surface area contributed by atoms with Crippen LogP contribution >= 0.6 is 0 Å². The number of rotatable bonds is 7. The number of aromatic nitrogens is 4. The van der Waals surface area contributed by atoms with Crippen molar-refractivity contribution >= 4 is 11.6 Å². The highest BCUT2D eigenvalue weighted by atomic mass is 16.5. The first-order valence-corrected chi connectivity index (χ1v) is 6.77. The number of ether oxygens (including phenoxy) is 1. The quantitative estimate of drug-likeness (QED) is 0.515. The van der Waals surface area contributed by atoms with Gasteiger partial charge in [-0.1, -0.05) is 0 Å². The maximum Gasteiger partial charge on any atom is 0.158 e. The summed E-state index contributed by atoms with van der Waals surface area (Å²) in [5.41, 5.74) is 4.76. The first-order chi connectivity index (χ1) is 10.1. The van der Waals surface area contributed by atoms with Crippen LogP contribution in [0.2, 0.25) is 0 Å². The van der Waals surface area contributed by atoms with Gasteiger partial charge in [-0.3, -0.25) is 4.68 Å². The molecule has 8 heteroatoms. The van der Waals surface area contributed by atoms with Crippen molar-refractivity contribution < 1.29 is 4.74 Å². The Morgan fingerprint density at radius 3 is 2.71 bits per heavy atom. The minimum Gasteiger partial charge on any atom is -0.374 e. The van der Waals surface area contributed by atoms with Crippen LogP contribution in [0.1, 0.15) is 24.0 Å². The van der Waals surface area contributed by atoms with Crippen LogP contribution in [-0.4, -0.2) is 26.4 Å². The average Bonchev–Trinajstić information content (AvgIpc) is 2.82. The molecule has 2 heterocycles. The SMILES string of the molecule is CCOCc1nc(NN)cc(NCc2cnn(C)c2C)n1. The summed E-state index contributed by atoms with van der Waals surface area (Å²) in [6, 6.07) is 1.75. The molecule has 0 saturated heterocycles. The molecular formula is C13H21N7O. The standard InChI is InChI=1S/C13H21N7O/c1-4-21-8-13-17-11(5-12(18-13)19-14)15-6-10-7-16-20(3)9(10)2/h5,7H,4,6,8,14H2,1-3H3,(H2,15,17,18,19). The van der Waals surface area contributed by atoms with Gasteiger partial charge in [0.25, 0.3) is 0 Å². The molecule has 0 amide bonds.